The number of aromatic nitrogens is 1. The summed E-state index contributed by atoms with van der Waals surface area (Å²) >= 11 is 0. The lowest BCUT2D eigenvalue weighted by atomic mass is 9.67. The van der Waals surface area contributed by atoms with Crippen LogP contribution in [0.25, 0.3) is 0 Å². The molecule has 0 atom stereocenters. The molecule has 27 heavy (non-hydrogen) atoms. The van der Waals surface area contributed by atoms with Crippen LogP contribution in [0.5, 0.6) is 5.75 Å². The summed E-state index contributed by atoms with van der Waals surface area (Å²) in [4.78, 5) is 4.56. The van der Waals surface area contributed by atoms with E-state index >= 15 is 0 Å². The Bertz CT molecular complexity index is 568. The zero-order valence-corrected chi connectivity index (χ0v) is 18.1. The third kappa shape index (κ3) is 5.48. The fraction of sp³-hybridized carbons (Fsp3) is 0.800. The van der Waals surface area contributed by atoms with Gasteiger partial charge in [-0.2, -0.15) is 0 Å². The quantitative estimate of drug-likeness (QED) is 0.440. The van der Waals surface area contributed by atoms with Gasteiger partial charge in [0.1, 0.15) is 11.4 Å². The van der Waals surface area contributed by atoms with Gasteiger partial charge in [-0.3, -0.25) is 4.98 Å². The van der Waals surface area contributed by atoms with Gasteiger partial charge in [-0.05, 0) is 75.8 Å². The zero-order valence-electron chi connectivity index (χ0n) is 18.1. The van der Waals surface area contributed by atoms with E-state index in [0.29, 0.717) is 0 Å². The van der Waals surface area contributed by atoms with Crippen LogP contribution in [-0.2, 0) is 0 Å². The predicted molar refractivity (Wildman–Crippen MR) is 114 cm³/mol. The average molecular weight is 372 g/mol. The van der Waals surface area contributed by atoms with Gasteiger partial charge in [0.05, 0.1) is 6.20 Å². The van der Waals surface area contributed by atoms with E-state index < -0.39 is 0 Å². The molecule has 0 saturated heterocycles. The normalized spacial score (nSPS) is 25.3. The minimum absolute atomic E-state index is 0.0782. The number of pyridine rings is 1. The van der Waals surface area contributed by atoms with E-state index in [2.05, 4.69) is 31.8 Å². The Morgan fingerprint density at radius 1 is 1.00 bits per heavy atom. The minimum Gasteiger partial charge on any atom is -0.485 e. The molecule has 2 saturated carbocycles. The highest BCUT2D eigenvalue weighted by Gasteiger charge is 2.43. The highest BCUT2D eigenvalue weighted by molar-refractivity contribution is 5.28. The molecule has 2 fully saturated rings. The number of hydrogen-bond acceptors (Lipinski definition) is 2. The first-order chi connectivity index (χ1) is 13.1. The number of aryl methyl sites for hydroxylation is 2. The van der Waals surface area contributed by atoms with E-state index in [1.54, 1.807) is 0 Å². The standard InChI is InChI=1S/C25H41NO/c1-4-5-6-8-11-22-12-14-23(15-13-22)25(16-9-7-10-17-25)27-24-18-20(2)21(3)26-19-24/h18-19,22-23H,4-17H2,1-3H3. The molecule has 1 aromatic heterocycles. The molecule has 0 spiro atoms. The van der Waals surface area contributed by atoms with Gasteiger partial charge in [0, 0.05) is 5.69 Å². The molecule has 0 aliphatic heterocycles. The van der Waals surface area contributed by atoms with Crippen molar-refractivity contribution in [1.82, 2.24) is 4.98 Å². The summed E-state index contributed by atoms with van der Waals surface area (Å²) < 4.78 is 6.80. The summed E-state index contributed by atoms with van der Waals surface area (Å²) in [5.41, 5.74) is 2.44. The molecule has 0 bridgehead atoms. The average Bonchev–Trinajstić information content (AvgIpc) is 2.69. The summed E-state index contributed by atoms with van der Waals surface area (Å²) in [6, 6.07) is 2.21. The van der Waals surface area contributed by atoms with Crippen molar-refractivity contribution < 1.29 is 4.74 Å². The van der Waals surface area contributed by atoms with Crippen molar-refractivity contribution in [2.75, 3.05) is 0 Å². The first-order valence-corrected chi connectivity index (χ1v) is 11.8. The predicted octanol–water partition coefficient (Wildman–Crippen LogP) is 7.56. The van der Waals surface area contributed by atoms with Crippen molar-refractivity contribution in [3.8, 4) is 5.75 Å². The maximum Gasteiger partial charge on any atom is 0.138 e. The topological polar surface area (TPSA) is 22.1 Å². The SMILES string of the molecule is CCCCCCC1CCC(C2(Oc3cnc(C)c(C)c3)CCCCC2)CC1. The molecule has 1 aromatic rings. The van der Waals surface area contributed by atoms with E-state index in [0.717, 1.165) is 23.3 Å². The molecule has 1 heterocycles. The van der Waals surface area contributed by atoms with E-state index in [1.165, 1.54) is 95.5 Å². The molecule has 0 unspecified atom stereocenters. The molecule has 3 rings (SSSR count). The first-order valence-electron chi connectivity index (χ1n) is 11.8. The smallest absolute Gasteiger partial charge is 0.138 e. The van der Waals surface area contributed by atoms with Crippen LogP contribution in [-0.4, -0.2) is 10.6 Å². The molecule has 2 heteroatoms. The van der Waals surface area contributed by atoms with Gasteiger partial charge in [-0.15, -0.1) is 0 Å². The molecule has 0 aromatic carbocycles. The second kappa shape index (κ2) is 9.94. The lowest BCUT2D eigenvalue weighted by molar-refractivity contribution is -0.0437. The van der Waals surface area contributed by atoms with Gasteiger partial charge in [0.25, 0.3) is 0 Å². The van der Waals surface area contributed by atoms with Crippen LogP contribution in [0, 0.1) is 25.7 Å². The van der Waals surface area contributed by atoms with E-state index in [1.807, 2.05) is 6.20 Å². The zero-order chi connectivity index (χ0) is 19.1. The maximum absolute atomic E-state index is 6.80. The third-order valence-electron chi connectivity index (χ3n) is 7.39. The number of unbranched alkanes of at least 4 members (excludes halogenated alkanes) is 3. The Balaban J connectivity index is 1.60. The van der Waals surface area contributed by atoms with Crippen LogP contribution in [0.4, 0.5) is 0 Å². The number of rotatable bonds is 8. The Morgan fingerprint density at radius 3 is 2.41 bits per heavy atom. The second-order valence-electron chi connectivity index (χ2n) is 9.37. The fourth-order valence-electron chi connectivity index (χ4n) is 5.49. The Hall–Kier alpha value is -1.05. The summed E-state index contributed by atoms with van der Waals surface area (Å²) in [6.07, 6.45) is 21.2. The summed E-state index contributed by atoms with van der Waals surface area (Å²) in [5, 5.41) is 0. The molecule has 2 aliphatic rings. The summed E-state index contributed by atoms with van der Waals surface area (Å²) in [6.45, 7) is 6.53. The Labute approximate surface area is 167 Å². The van der Waals surface area contributed by atoms with E-state index in [9.17, 15) is 0 Å². The van der Waals surface area contributed by atoms with Crippen molar-refractivity contribution in [2.24, 2.45) is 11.8 Å². The first kappa shape index (κ1) is 20.7. The van der Waals surface area contributed by atoms with Crippen LogP contribution in [0.2, 0.25) is 0 Å². The van der Waals surface area contributed by atoms with Crippen LogP contribution < -0.4 is 4.74 Å². The Morgan fingerprint density at radius 2 is 1.74 bits per heavy atom. The fourth-order valence-corrected chi connectivity index (χ4v) is 5.49. The largest absolute Gasteiger partial charge is 0.485 e. The van der Waals surface area contributed by atoms with Crippen LogP contribution in [0.1, 0.15) is 108 Å². The van der Waals surface area contributed by atoms with Crippen molar-refractivity contribution in [2.45, 2.75) is 116 Å². The maximum atomic E-state index is 6.80. The van der Waals surface area contributed by atoms with Crippen LogP contribution in [0.15, 0.2) is 12.3 Å². The lowest BCUT2D eigenvalue weighted by Crippen LogP contribution is -2.47. The number of hydrogen-bond donors (Lipinski definition) is 0. The van der Waals surface area contributed by atoms with Crippen molar-refractivity contribution in [3.63, 3.8) is 0 Å². The van der Waals surface area contributed by atoms with Crippen molar-refractivity contribution in [3.05, 3.63) is 23.5 Å². The third-order valence-corrected chi connectivity index (χ3v) is 7.39. The van der Waals surface area contributed by atoms with Gasteiger partial charge in [0.15, 0.2) is 0 Å². The number of ether oxygens (including phenoxy) is 1. The molecule has 0 amide bonds. The van der Waals surface area contributed by atoms with Crippen molar-refractivity contribution in [1.29, 1.82) is 0 Å². The highest BCUT2D eigenvalue weighted by Crippen LogP contribution is 2.46. The monoisotopic (exact) mass is 371 g/mol. The molecule has 152 valence electrons. The number of nitrogens with zero attached hydrogens (tertiary/aromatic N) is 1. The van der Waals surface area contributed by atoms with Gasteiger partial charge in [-0.1, -0.05) is 58.3 Å². The van der Waals surface area contributed by atoms with Crippen LogP contribution >= 0.6 is 0 Å². The van der Waals surface area contributed by atoms with E-state index in [4.69, 9.17) is 4.74 Å². The van der Waals surface area contributed by atoms with Gasteiger partial charge in [0.2, 0.25) is 0 Å². The van der Waals surface area contributed by atoms with Gasteiger partial charge < -0.3 is 4.74 Å². The van der Waals surface area contributed by atoms with Gasteiger partial charge >= 0.3 is 0 Å². The molecular formula is C25H41NO. The van der Waals surface area contributed by atoms with Crippen molar-refractivity contribution >= 4 is 0 Å². The highest BCUT2D eigenvalue weighted by atomic mass is 16.5. The van der Waals surface area contributed by atoms with Gasteiger partial charge in [-0.25, -0.2) is 0 Å². The molecule has 0 N–H and O–H groups in total. The second-order valence-corrected chi connectivity index (χ2v) is 9.37. The molecule has 0 radical (unpaired) electrons. The summed E-state index contributed by atoms with van der Waals surface area (Å²) in [7, 11) is 0. The minimum atomic E-state index is 0.0782. The Kier molecular flexibility index (Phi) is 7.61. The lowest BCUT2D eigenvalue weighted by Gasteiger charge is -2.46. The van der Waals surface area contributed by atoms with Crippen LogP contribution in [0.3, 0.4) is 0 Å². The molecule has 2 nitrogen and oxygen atoms in total. The van der Waals surface area contributed by atoms with E-state index in [-0.39, 0.29) is 5.60 Å². The molecular weight excluding hydrogens is 330 g/mol. The summed E-state index contributed by atoms with van der Waals surface area (Å²) in [5.74, 6) is 2.72. The molecule has 2 aliphatic carbocycles.